The first-order chi connectivity index (χ1) is 12.4. The van der Waals surface area contributed by atoms with Crippen molar-refractivity contribution in [1.29, 1.82) is 0 Å². The number of ether oxygens (including phenoxy) is 2. The maximum atomic E-state index is 12.5. The van der Waals surface area contributed by atoms with Crippen molar-refractivity contribution in [3.05, 3.63) is 29.3 Å². The van der Waals surface area contributed by atoms with Gasteiger partial charge < -0.3 is 14.8 Å². The van der Waals surface area contributed by atoms with Crippen molar-refractivity contribution in [2.75, 3.05) is 40.0 Å². The first kappa shape index (κ1) is 20.4. The number of amides is 1. The molecule has 1 unspecified atom stereocenters. The van der Waals surface area contributed by atoms with E-state index in [-0.39, 0.29) is 24.2 Å². The van der Waals surface area contributed by atoms with E-state index >= 15 is 0 Å². The van der Waals surface area contributed by atoms with E-state index in [1.807, 2.05) is 0 Å². The number of benzene rings is 1. The summed E-state index contributed by atoms with van der Waals surface area (Å²) in [6, 6.07) is 5.48. The van der Waals surface area contributed by atoms with Crippen molar-refractivity contribution < 1.29 is 19.1 Å². The molecule has 1 aromatic rings. The molecule has 0 bridgehead atoms. The molecule has 1 fully saturated rings. The standard InChI is InChI=1S/C20H30N2O4/c1-14(2)18(22-7-9-26-10-8-22)13-21-20(24)12-17-11-16(15(3)23)5-6-19(17)25-4/h5-6,11,14,18H,7-10,12-13H2,1-4H3,(H,21,24). The van der Waals surface area contributed by atoms with Gasteiger partial charge in [0, 0.05) is 36.8 Å². The number of hydrogen-bond donors (Lipinski definition) is 1. The van der Waals surface area contributed by atoms with Crippen LogP contribution >= 0.6 is 0 Å². The van der Waals surface area contributed by atoms with Crippen LogP contribution in [0, 0.1) is 5.92 Å². The molecule has 1 saturated heterocycles. The van der Waals surface area contributed by atoms with Gasteiger partial charge in [-0.3, -0.25) is 14.5 Å². The summed E-state index contributed by atoms with van der Waals surface area (Å²) in [6.45, 7) is 9.74. The van der Waals surface area contributed by atoms with E-state index in [0.717, 1.165) is 31.9 Å². The van der Waals surface area contributed by atoms with Crippen molar-refractivity contribution in [1.82, 2.24) is 10.2 Å². The first-order valence-corrected chi connectivity index (χ1v) is 9.18. The molecule has 1 aliphatic heterocycles. The van der Waals surface area contributed by atoms with Gasteiger partial charge in [-0.15, -0.1) is 0 Å². The van der Waals surface area contributed by atoms with Gasteiger partial charge in [0.15, 0.2) is 5.78 Å². The lowest BCUT2D eigenvalue weighted by molar-refractivity contribution is -0.120. The number of nitrogens with one attached hydrogen (secondary N) is 1. The Morgan fingerprint density at radius 3 is 2.54 bits per heavy atom. The Bertz CT molecular complexity index is 624. The minimum Gasteiger partial charge on any atom is -0.496 e. The zero-order valence-electron chi connectivity index (χ0n) is 16.2. The molecule has 0 spiro atoms. The highest BCUT2D eigenvalue weighted by molar-refractivity contribution is 5.94. The van der Waals surface area contributed by atoms with Gasteiger partial charge in [0.25, 0.3) is 0 Å². The molecule has 6 nitrogen and oxygen atoms in total. The van der Waals surface area contributed by atoms with Crippen LogP contribution in [0.2, 0.25) is 0 Å². The second-order valence-electron chi connectivity index (χ2n) is 7.02. The second kappa shape index (κ2) is 9.69. The van der Waals surface area contributed by atoms with Crippen LogP contribution in [0.15, 0.2) is 18.2 Å². The molecule has 1 aromatic carbocycles. The van der Waals surface area contributed by atoms with E-state index < -0.39 is 0 Å². The number of ketones is 1. The molecule has 2 rings (SSSR count). The van der Waals surface area contributed by atoms with Gasteiger partial charge in [0.1, 0.15) is 5.75 Å². The Kier molecular flexibility index (Phi) is 7.60. The largest absolute Gasteiger partial charge is 0.496 e. The van der Waals surface area contributed by atoms with Gasteiger partial charge in [-0.2, -0.15) is 0 Å². The van der Waals surface area contributed by atoms with E-state index in [4.69, 9.17) is 9.47 Å². The lowest BCUT2D eigenvalue weighted by atomic mass is 10.0. The topological polar surface area (TPSA) is 67.9 Å². The Morgan fingerprint density at radius 2 is 1.96 bits per heavy atom. The Morgan fingerprint density at radius 1 is 1.27 bits per heavy atom. The lowest BCUT2D eigenvalue weighted by Gasteiger charge is -2.36. The normalized spacial score (nSPS) is 16.3. The lowest BCUT2D eigenvalue weighted by Crippen LogP contribution is -2.51. The third-order valence-electron chi connectivity index (χ3n) is 4.83. The second-order valence-corrected chi connectivity index (χ2v) is 7.02. The van der Waals surface area contributed by atoms with E-state index in [0.29, 0.717) is 23.8 Å². The first-order valence-electron chi connectivity index (χ1n) is 9.18. The molecule has 0 aromatic heterocycles. The van der Waals surface area contributed by atoms with Gasteiger partial charge >= 0.3 is 0 Å². The SMILES string of the molecule is COc1ccc(C(C)=O)cc1CC(=O)NCC(C(C)C)N1CCOCC1. The van der Waals surface area contributed by atoms with Gasteiger partial charge in [-0.25, -0.2) is 0 Å². The summed E-state index contributed by atoms with van der Waals surface area (Å²) < 4.78 is 10.7. The maximum absolute atomic E-state index is 12.5. The molecule has 6 heteroatoms. The summed E-state index contributed by atoms with van der Waals surface area (Å²) in [6.07, 6.45) is 0.193. The van der Waals surface area contributed by atoms with E-state index in [9.17, 15) is 9.59 Å². The van der Waals surface area contributed by atoms with E-state index in [1.54, 1.807) is 25.3 Å². The van der Waals surface area contributed by atoms with Crippen molar-refractivity contribution in [3.8, 4) is 5.75 Å². The van der Waals surface area contributed by atoms with Crippen molar-refractivity contribution in [2.45, 2.75) is 33.2 Å². The molecule has 0 saturated carbocycles. The summed E-state index contributed by atoms with van der Waals surface area (Å²) in [5.41, 5.74) is 1.31. The molecule has 1 aliphatic rings. The molecule has 0 aliphatic carbocycles. The van der Waals surface area contributed by atoms with Crippen LogP contribution in [0.4, 0.5) is 0 Å². The zero-order chi connectivity index (χ0) is 19.1. The van der Waals surface area contributed by atoms with Gasteiger partial charge in [0.2, 0.25) is 5.91 Å². The minimum absolute atomic E-state index is 0.0264. The number of morpholine rings is 1. The molecule has 0 radical (unpaired) electrons. The Balaban J connectivity index is 1.98. The number of hydrogen-bond acceptors (Lipinski definition) is 5. The van der Waals surface area contributed by atoms with Crippen LogP contribution in [-0.4, -0.2) is 62.6 Å². The minimum atomic E-state index is -0.0667. The summed E-state index contributed by atoms with van der Waals surface area (Å²) in [7, 11) is 1.57. The highest BCUT2D eigenvalue weighted by atomic mass is 16.5. The number of methoxy groups -OCH3 is 1. The molecule has 26 heavy (non-hydrogen) atoms. The van der Waals surface area contributed by atoms with Crippen molar-refractivity contribution >= 4 is 11.7 Å². The summed E-state index contributed by atoms with van der Waals surface area (Å²) >= 11 is 0. The van der Waals surface area contributed by atoms with Crippen LogP contribution in [0.1, 0.15) is 36.7 Å². The number of carbonyl (C=O) groups excluding carboxylic acids is 2. The molecular weight excluding hydrogens is 332 g/mol. The fourth-order valence-electron chi connectivity index (χ4n) is 3.29. The highest BCUT2D eigenvalue weighted by Crippen LogP contribution is 2.21. The Hall–Kier alpha value is -1.92. The van der Waals surface area contributed by atoms with Crippen molar-refractivity contribution in [2.24, 2.45) is 5.92 Å². The number of carbonyl (C=O) groups is 2. The summed E-state index contributed by atoms with van der Waals surface area (Å²) in [5.74, 6) is 0.965. The average Bonchev–Trinajstić information content (AvgIpc) is 2.62. The molecular formula is C20H30N2O4. The molecule has 1 heterocycles. The van der Waals surface area contributed by atoms with E-state index in [2.05, 4.69) is 24.1 Å². The third kappa shape index (κ3) is 5.54. The van der Waals surface area contributed by atoms with Gasteiger partial charge in [-0.05, 0) is 31.0 Å². The van der Waals surface area contributed by atoms with Crippen LogP contribution in [0.25, 0.3) is 0 Å². The summed E-state index contributed by atoms with van der Waals surface area (Å²) in [4.78, 5) is 26.4. The van der Waals surface area contributed by atoms with Crippen LogP contribution in [-0.2, 0) is 16.0 Å². The van der Waals surface area contributed by atoms with Crippen LogP contribution in [0.3, 0.4) is 0 Å². The average molecular weight is 362 g/mol. The predicted molar refractivity (Wildman–Crippen MR) is 101 cm³/mol. The van der Waals surface area contributed by atoms with Crippen LogP contribution in [0.5, 0.6) is 5.75 Å². The molecule has 1 atom stereocenters. The van der Waals surface area contributed by atoms with Gasteiger partial charge in [-0.1, -0.05) is 13.8 Å². The fraction of sp³-hybridized carbons (Fsp3) is 0.600. The van der Waals surface area contributed by atoms with Crippen LogP contribution < -0.4 is 10.1 Å². The highest BCUT2D eigenvalue weighted by Gasteiger charge is 2.24. The monoisotopic (exact) mass is 362 g/mol. The fourth-order valence-corrected chi connectivity index (χ4v) is 3.29. The quantitative estimate of drug-likeness (QED) is 0.716. The molecule has 1 N–H and O–H groups in total. The smallest absolute Gasteiger partial charge is 0.224 e. The van der Waals surface area contributed by atoms with E-state index in [1.165, 1.54) is 6.92 Å². The number of Topliss-reactive ketones (excluding diaryl/α,β-unsaturated/α-hetero) is 1. The zero-order valence-corrected chi connectivity index (χ0v) is 16.2. The third-order valence-corrected chi connectivity index (χ3v) is 4.83. The summed E-state index contributed by atoms with van der Waals surface area (Å²) in [5, 5.41) is 3.05. The Labute approximate surface area is 155 Å². The number of nitrogens with zero attached hydrogens (tertiary/aromatic N) is 1. The predicted octanol–water partition coefficient (Wildman–Crippen LogP) is 1.91. The van der Waals surface area contributed by atoms with Gasteiger partial charge in [0.05, 0.1) is 26.7 Å². The molecule has 144 valence electrons. The molecule has 1 amide bonds. The number of rotatable bonds is 8. The van der Waals surface area contributed by atoms with Crippen molar-refractivity contribution in [3.63, 3.8) is 0 Å². The maximum Gasteiger partial charge on any atom is 0.224 e.